The number of nitrogens with zero attached hydrogens (tertiary/aromatic N) is 2. The Balaban J connectivity index is 1.59. The van der Waals surface area contributed by atoms with Gasteiger partial charge in [-0.15, -0.1) is 0 Å². The number of hydrazone groups is 1. The van der Waals surface area contributed by atoms with Crippen LogP contribution in [0.4, 0.5) is 0 Å². The number of aromatic nitrogens is 1. The molecule has 1 heterocycles. The topological polar surface area (TPSA) is 63.6 Å². The van der Waals surface area contributed by atoms with Crippen molar-refractivity contribution < 1.29 is 9.53 Å². The van der Waals surface area contributed by atoms with E-state index in [0.29, 0.717) is 22.9 Å². The number of halogens is 1. The van der Waals surface area contributed by atoms with Crippen LogP contribution < -0.4 is 10.2 Å². The highest BCUT2D eigenvalue weighted by Crippen LogP contribution is 2.19. The molecular formula is C21H18ClN3O2. The fourth-order valence-electron chi connectivity index (χ4n) is 2.33. The maximum absolute atomic E-state index is 12.0. The Hall–Kier alpha value is -3.18. The van der Waals surface area contributed by atoms with Gasteiger partial charge >= 0.3 is 0 Å². The predicted molar refractivity (Wildman–Crippen MR) is 106 cm³/mol. The molecule has 136 valence electrons. The van der Waals surface area contributed by atoms with E-state index in [1.165, 1.54) is 6.20 Å². The molecule has 0 saturated heterocycles. The minimum absolute atomic E-state index is 0.304. The molecule has 2 aromatic carbocycles. The van der Waals surface area contributed by atoms with Gasteiger partial charge in [0.1, 0.15) is 12.4 Å². The molecule has 0 aliphatic rings. The second-order valence-electron chi connectivity index (χ2n) is 5.78. The maximum atomic E-state index is 12.0. The summed E-state index contributed by atoms with van der Waals surface area (Å²) < 4.78 is 5.76. The smallest absolute Gasteiger partial charge is 0.272 e. The molecule has 0 atom stereocenters. The average Bonchev–Trinajstić information content (AvgIpc) is 2.72. The molecule has 1 aromatic heterocycles. The van der Waals surface area contributed by atoms with E-state index in [0.717, 1.165) is 16.9 Å². The molecule has 0 spiro atoms. The lowest BCUT2D eigenvalue weighted by Gasteiger charge is -2.08. The molecule has 0 radical (unpaired) electrons. The van der Waals surface area contributed by atoms with E-state index in [2.05, 4.69) is 15.5 Å². The van der Waals surface area contributed by atoms with Crippen molar-refractivity contribution in [3.8, 4) is 5.75 Å². The largest absolute Gasteiger partial charge is 0.489 e. The number of amides is 1. The molecule has 0 aliphatic heterocycles. The van der Waals surface area contributed by atoms with Gasteiger partial charge in [-0.1, -0.05) is 29.8 Å². The van der Waals surface area contributed by atoms with Gasteiger partial charge in [-0.05, 0) is 55.0 Å². The van der Waals surface area contributed by atoms with Crippen molar-refractivity contribution >= 4 is 23.2 Å². The van der Waals surface area contributed by atoms with Crippen molar-refractivity contribution in [2.75, 3.05) is 0 Å². The highest BCUT2D eigenvalue weighted by Gasteiger charge is 2.05. The highest BCUT2D eigenvalue weighted by atomic mass is 35.5. The van der Waals surface area contributed by atoms with Gasteiger partial charge in [0.2, 0.25) is 0 Å². The van der Waals surface area contributed by atoms with Crippen molar-refractivity contribution in [2.24, 2.45) is 5.10 Å². The second-order valence-corrected chi connectivity index (χ2v) is 6.19. The summed E-state index contributed by atoms with van der Waals surface area (Å²) >= 11 is 6.13. The second kappa shape index (κ2) is 8.96. The van der Waals surface area contributed by atoms with Gasteiger partial charge in [0.05, 0.1) is 11.3 Å². The Morgan fingerprint density at radius 2 is 1.85 bits per heavy atom. The number of hydrogen-bond acceptors (Lipinski definition) is 4. The number of benzene rings is 2. The van der Waals surface area contributed by atoms with Gasteiger partial charge in [0.25, 0.3) is 5.91 Å². The van der Waals surface area contributed by atoms with Gasteiger partial charge in [-0.25, -0.2) is 5.43 Å². The first kappa shape index (κ1) is 18.6. The minimum Gasteiger partial charge on any atom is -0.489 e. The molecule has 3 aromatic rings. The van der Waals surface area contributed by atoms with Crippen LogP contribution in [0.15, 0.2) is 78.2 Å². The average molecular weight is 380 g/mol. The van der Waals surface area contributed by atoms with Crippen LogP contribution in [0.25, 0.3) is 0 Å². The van der Waals surface area contributed by atoms with Crippen molar-refractivity contribution in [1.82, 2.24) is 10.4 Å². The fraction of sp³-hybridized carbons (Fsp3) is 0.0952. The summed E-state index contributed by atoms with van der Waals surface area (Å²) in [4.78, 5) is 15.9. The van der Waals surface area contributed by atoms with Gasteiger partial charge in [0, 0.05) is 23.0 Å². The molecular weight excluding hydrogens is 362 g/mol. The standard InChI is InChI=1S/C21H18ClN3O2/c1-15(24-25-21(26)17-6-4-12-23-13-17)16-8-10-19(11-9-16)27-14-18-5-2-3-7-20(18)22/h2-13H,14H2,1H3,(H,25,26). The third-order valence-corrected chi connectivity index (χ3v) is 4.24. The maximum Gasteiger partial charge on any atom is 0.272 e. The number of carbonyl (C=O) groups excluding carboxylic acids is 1. The van der Waals surface area contributed by atoms with Crippen LogP contribution in [0, 0.1) is 0 Å². The molecule has 3 rings (SSSR count). The Labute approximate surface area is 162 Å². The Kier molecular flexibility index (Phi) is 6.18. The van der Waals surface area contributed by atoms with Crippen LogP contribution in [0.3, 0.4) is 0 Å². The number of nitrogens with one attached hydrogen (secondary N) is 1. The normalized spacial score (nSPS) is 11.1. The van der Waals surface area contributed by atoms with Crippen molar-refractivity contribution in [3.05, 3.63) is 94.8 Å². The first-order valence-electron chi connectivity index (χ1n) is 8.35. The van der Waals surface area contributed by atoms with Crippen molar-refractivity contribution in [1.29, 1.82) is 0 Å². The van der Waals surface area contributed by atoms with E-state index >= 15 is 0 Å². The van der Waals surface area contributed by atoms with Gasteiger partial charge in [-0.2, -0.15) is 5.10 Å². The van der Waals surface area contributed by atoms with E-state index in [1.807, 2.05) is 55.5 Å². The molecule has 0 fully saturated rings. The Bertz CT molecular complexity index is 941. The lowest BCUT2D eigenvalue weighted by molar-refractivity contribution is 0.0954. The summed E-state index contributed by atoms with van der Waals surface area (Å²) in [6.45, 7) is 2.22. The third kappa shape index (κ3) is 5.15. The molecule has 1 N–H and O–H groups in total. The van der Waals surface area contributed by atoms with Crippen LogP contribution in [0.1, 0.15) is 28.4 Å². The molecule has 0 aliphatic carbocycles. The van der Waals surface area contributed by atoms with E-state index in [4.69, 9.17) is 16.3 Å². The SMILES string of the molecule is CC(=NNC(=O)c1cccnc1)c1ccc(OCc2ccccc2Cl)cc1. The van der Waals surface area contributed by atoms with Crippen molar-refractivity contribution in [3.63, 3.8) is 0 Å². The van der Waals surface area contributed by atoms with E-state index in [9.17, 15) is 4.79 Å². The summed E-state index contributed by atoms with van der Waals surface area (Å²) in [5, 5.41) is 4.82. The first-order valence-corrected chi connectivity index (χ1v) is 8.72. The molecule has 6 heteroatoms. The van der Waals surface area contributed by atoms with Crippen molar-refractivity contribution in [2.45, 2.75) is 13.5 Å². The molecule has 0 unspecified atom stereocenters. The summed E-state index contributed by atoms with van der Waals surface area (Å²) in [6.07, 6.45) is 3.10. The van der Waals surface area contributed by atoms with E-state index < -0.39 is 0 Å². The van der Waals surface area contributed by atoms with Crippen LogP contribution in [0.2, 0.25) is 5.02 Å². The van der Waals surface area contributed by atoms with Gasteiger partial charge < -0.3 is 4.74 Å². The summed E-state index contributed by atoms with van der Waals surface area (Å²) in [7, 11) is 0. The number of carbonyl (C=O) groups is 1. The Morgan fingerprint density at radius 3 is 2.56 bits per heavy atom. The van der Waals surface area contributed by atoms with Gasteiger partial charge in [0.15, 0.2) is 0 Å². The summed E-state index contributed by atoms with van der Waals surface area (Å²) in [6, 6.07) is 18.4. The monoisotopic (exact) mass is 379 g/mol. The van der Waals surface area contributed by atoms with Crippen LogP contribution in [0.5, 0.6) is 5.75 Å². The molecule has 27 heavy (non-hydrogen) atoms. The zero-order valence-electron chi connectivity index (χ0n) is 14.7. The minimum atomic E-state index is -0.304. The van der Waals surface area contributed by atoms with Crippen LogP contribution >= 0.6 is 11.6 Å². The molecule has 1 amide bonds. The zero-order valence-corrected chi connectivity index (χ0v) is 15.5. The van der Waals surface area contributed by atoms with Crippen LogP contribution in [-0.4, -0.2) is 16.6 Å². The zero-order chi connectivity index (χ0) is 19.1. The number of hydrogen-bond donors (Lipinski definition) is 1. The quantitative estimate of drug-likeness (QED) is 0.507. The van der Waals surface area contributed by atoms with Crippen LogP contribution in [-0.2, 0) is 6.61 Å². The lowest BCUT2D eigenvalue weighted by Crippen LogP contribution is -2.19. The lowest BCUT2D eigenvalue weighted by atomic mass is 10.1. The fourth-order valence-corrected chi connectivity index (χ4v) is 2.52. The highest BCUT2D eigenvalue weighted by molar-refractivity contribution is 6.31. The molecule has 0 saturated carbocycles. The Morgan fingerprint density at radius 1 is 1.07 bits per heavy atom. The third-order valence-electron chi connectivity index (χ3n) is 3.87. The predicted octanol–water partition coefficient (Wildman–Crippen LogP) is 4.47. The number of rotatable bonds is 6. The van der Waals surface area contributed by atoms with E-state index in [1.54, 1.807) is 18.3 Å². The number of ether oxygens (including phenoxy) is 1. The van der Waals surface area contributed by atoms with E-state index in [-0.39, 0.29) is 5.91 Å². The summed E-state index contributed by atoms with van der Waals surface area (Å²) in [5.74, 6) is 0.424. The molecule has 5 nitrogen and oxygen atoms in total. The van der Waals surface area contributed by atoms with Gasteiger partial charge in [-0.3, -0.25) is 9.78 Å². The molecule has 0 bridgehead atoms. The number of pyridine rings is 1. The first-order chi connectivity index (χ1) is 13.1. The summed E-state index contributed by atoms with van der Waals surface area (Å²) in [5.41, 5.74) is 5.48.